The van der Waals surface area contributed by atoms with Crippen LogP contribution in [0.15, 0.2) is 24.3 Å². The summed E-state index contributed by atoms with van der Waals surface area (Å²) in [6, 6.07) is 8.01. The zero-order valence-electron chi connectivity index (χ0n) is 11.2. The van der Waals surface area contributed by atoms with Gasteiger partial charge in [-0.3, -0.25) is 0 Å². The molecule has 1 aliphatic heterocycles. The topological polar surface area (TPSA) is 66.6 Å². The van der Waals surface area contributed by atoms with Gasteiger partial charge in [0.2, 0.25) is 0 Å². The molecule has 1 aromatic carbocycles. The average molecular weight is 283 g/mol. The lowest BCUT2D eigenvalue weighted by Crippen LogP contribution is -2.44. The van der Waals surface area contributed by atoms with Gasteiger partial charge in [0.25, 0.3) is 10.2 Å². The van der Waals surface area contributed by atoms with Gasteiger partial charge >= 0.3 is 0 Å². The van der Waals surface area contributed by atoms with Crippen molar-refractivity contribution in [3.63, 3.8) is 0 Å². The van der Waals surface area contributed by atoms with Crippen molar-refractivity contribution in [2.75, 3.05) is 26.7 Å². The largest absolute Gasteiger partial charge is 0.330 e. The van der Waals surface area contributed by atoms with Gasteiger partial charge in [-0.2, -0.15) is 17.0 Å². The fourth-order valence-corrected chi connectivity index (χ4v) is 3.67. The second-order valence-corrected chi connectivity index (χ2v) is 6.86. The van der Waals surface area contributed by atoms with E-state index in [1.807, 2.05) is 18.2 Å². The molecule has 5 nitrogen and oxygen atoms in total. The maximum absolute atomic E-state index is 12.4. The van der Waals surface area contributed by atoms with Crippen LogP contribution in [0.1, 0.15) is 17.5 Å². The first-order chi connectivity index (χ1) is 9.05. The lowest BCUT2D eigenvalue weighted by atomic mass is 10.0. The molecule has 0 radical (unpaired) electrons. The molecule has 0 saturated heterocycles. The van der Waals surface area contributed by atoms with Crippen LogP contribution in [0.5, 0.6) is 0 Å². The monoisotopic (exact) mass is 283 g/mol. The maximum atomic E-state index is 12.4. The molecule has 0 saturated carbocycles. The van der Waals surface area contributed by atoms with Gasteiger partial charge in [0.05, 0.1) is 0 Å². The summed E-state index contributed by atoms with van der Waals surface area (Å²) in [5.41, 5.74) is 7.78. The SMILES string of the molecule is CN(CCCN)S(=O)(=O)N1CCc2ccccc2C1. The summed E-state index contributed by atoms with van der Waals surface area (Å²) in [7, 11) is -1.75. The zero-order valence-corrected chi connectivity index (χ0v) is 12.1. The Labute approximate surface area is 115 Å². The minimum atomic E-state index is -3.37. The summed E-state index contributed by atoms with van der Waals surface area (Å²) >= 11 is 0. The summed E-state index contributed by atoms with van der Waals surface area (Å²) < 4.78 is 27.8. The van der Waals surface area contributed by atoms with Crippen molar-refractivity contribution in [2.45, 2.75) is 19.4 Å². The van der Waals surface area contributed by atoms with E-state index < -0.39 is 10.2 Å². The zero-order chi connectivity index (χ0) is 13.9. The lowest BCUT2D eigenvalue weighted by molar-refractivity contribution is 0.343. The van der Waals surface area contributed by atoms with Crippen molar-refractivity contribution in [2.24, 2.45) is 5.73 Å². The van der Waals surface area contributed by atoms with Gasteiger partial charge in [-0.25, -0.2) is 0 Å². The number of benzene rings is 1. The summed E-state index contributed by atoms with van der Waals surface area (Å²) in [6.07, 6.45) is 1.46. The highest BCUT2D eigenvalue weighted by molar-refractivity contribution is 7.86. The normalized spacial score (nSPS) is 16.6. The van der Waals surface area contributed by atoms with Crippen molar-refractivity contribution in [3.8, 4) is 0 Å². The first-order valence-electron chi connectivity index (χ1n) is 6.54. The van der Waals surface area contributed by atoms with E-state index in [4.69, 9.17) is 5.73 Å². The van der Waals surface area contributed by atoms with E-state index in [0.717, 1.165) is 12.0 Å². The van der Waals surface area contributed by atoms with Crippen molar-refractivity contribution in [1.29, 1.82) is 0 Å². The minimum absolute atomic E-state index is 0.464. The maximum Gasteiger partial charge on any atom is 0.282 e. The number of rotatable bonds is 5. The van der Waals surface area contributed by atoms with Crippen LogP contribution in [0.25, 0.3) is 0 Å². The molecule has 0 amide bonds. The predicted octanol–water partition coefficient (Wildman–Crippen LogP) is 0.570. The van der Waals surface area contributed by atoms with Gasteiger partial charge in [0.1, 0.15) is 0 Å². The third-order valence-electron chi connectivity index (χ3n) is 3.49. The van der Waals surface area contributed by atoms with Crippen molar-refractivity contribution >= 4 is 10.2 Å². The van der Waals surface area contributed by atoms with Crippen LogP contribution in [0.3, 0.4) is 0 Å². The van der Waals surface area contributed by atoms with E-state index in [1.165, 1.54) is 9.87 Å². The standard InChI is InChI=1S/C13H21N3O2S/c1-15(9-4-8-14)19(17,18)16-10-7-12-5-2-3-6-13(12)11-16/h2-3,5-6H,4,7-11,14H2,1H3. The molecule has 0 spiro atoms. The van der Waals surface area contributed by atoms with Crippen LogP contribution in [-0.2, 0) is 23.2 Å². The molecule has 2 rings (SSSR count). The van der Waals surface area contributed by atoms with Gasteiger partial charge in [-0.15, -0.1) is 0 Å². The smallest absolute Gasteiger partial charge is 0.282 e. The Bertz CT molecular complexity index is 530. The highest BCUT2D eigenvalue weighted by atomic mass is 32.2. The minimum Gasteiger partial charge on any atom is -0.330 e. The predicted molar refractivity (Wildman–Crippen MR) is 75.8 cm³/mol. The Morgan fingerprint density at radius 3 is 2.68 bits per heavy atom. The van der Waals surface area contributed by atoms with Crippen molar-refractivity contribution < 1.29 is 8.42 Å². The summed E-state index contributed by atoms with van der Waals surface area (Å²) in [5.74, 6) is 0. The average Bonchev–Trinajstić information content (AvgIpc) is 2.44. The third kappa shape index (κ3) is 3.14. The molecular weight excluding hydrogens is 262 g/mol. The Kier molecular flexibility index (Phi) is 4.57. The molecule has 1 aliphatic rings. The first kappa shape index (κ1) is 14.5. The number of hydrogen-bond acceptors (Lipinski definition) is 3. The van der Waals surface area contributed by atoms with Crippen molar-refractivity contribution in [1.82, 2.24) is 8.61 Å². The van der Waals surface area contributed by atoms with E-state index in [2.05, 4.69) is 6.07 Å². The molecule has 0 bridgehead atoms. The molecule has 1 aromatic rings. The van der Waals surface area contributed by atoms with Crippen LogP contribution in [0.4, 0.5) is 0 Å². The van der Waals surface area contributed by atoms with E-state index in [1.54, 1.807) is 11.4 Å². The van der Waals surface area contributed by atoms with Crippen LogP contribution < -0.4 is 5.73 Å². The second kappa shape index (κ2) is 6.00. The Balaban J connectivity index is 2.11. The molecule has 2 N–H and O–H groups in total. The highest BCUT2D eigenvalue weighted by Gasteiger charge is 2.29. The Morgan fingerprint density at radius 1 is 1.32 bits per heavy atom. The lowest BCUT2D eigenvalue weighted by Gasteiger charge is -2.31. The fourth-order valence-electron chi connectivity index (χ4n) is 2.29. The molecule has 0 fully saturated rings. The summed E-state index contributed by atoms with van der Waals surface area (Å²) in [5, 5.41) is 0. The Hall–Kier alpha value is -0.950. The van der Waals surface area contributed by atoms with Gasteiger partial charge in [-0.05, 0) is 30.5 Å². The van der Waals surface area contributed by atoms with Gasteiger partial charge in [0, 0.05) is 26.7 Å². The van der Waals surface area contributed by atoms with Gasteiger partial charge < -0.3 is 5.73 Å². The summed E-state index contributed by atoms with van der Waals surface area (Å²) in [4.78, 5) is 0. The molecule has 0 aliphatic carbocycles. The third-order valence-corrected chi connectivity index (χ3v) is 5.43. The van der Waals surface area contributed by atoms with Gasteiger partial charge in [-0.1, -0.05) is 24.3 Å². The highest BCUT2D eigenvalue weighted by Crippen LogP contribution is 2.21. The number of hydrogen-bond donors (Lipinski definition) is 1. The quantitative estimate of drug-likeness (QED) is 0.859. The van der Waals surface area contributed by atoms with Gasteiger partial charge in [0.15, 0.2) is 0 Å². The number of nitrogens with zero attached hydrogens (tertiary/aromatic N) is 2. The molecule has 1 heterocycles. The first-order valence-corrected chi connectivity index (χ1v) is 7.93. The molecule has 6 heteroatoms. The van der Waals surface area contributed by atoms with E-state index >= 15 is 0 Å². The van der Waals surface area contributed by atoms with E-state index in [9.17, 15) is 8.42 Å². The fraction of sp³-hybridized carbons (Fsp3) is 0.538. The number of nitrogens with two attached hydrogens (primary N) is 1. The van der Waals surface area contributed by atoms with E-state index in [0.29, 0.717) is 32.6 Å². The van der Waals surface area contributed by atoms with Crippen LogP contribution in [-0.4, -0.2) is 43.7 Å². The molecule has 0 unspecified atom stereocenters. The molecule has 0 aromatic heterocycles. The molecular formula is C13H21N3O2S. The van der Waals surface area contributed by atoms with Crippen LogP contribution in [0, 0.1) is 0 Å². The second-order valence-electron chi connectivity index (χ2n) is 4.82. The van der Waals surface area contributed by atoms with Crippen molar-refractivity contribution in [3.05, 3.63) is 35.4 Å². The molecule has 0 atom stereocenters. The van der Waals surface area contributed by atoms with E-state index in [-0.39, 0.29) is 0 Å². The Morgan fingerprint density at radius 2 is 2.00 bits per heavy atom. The van der Waals surface area contributed by atoms with Crippen LogP contribution >= 0.6 is 0 Å². The molecule has 106 valence electrons. The number of fused-ring (bicyclic) bond motifs is 1. The summed E-state index contributed by atoms with van der Waals surface area (Å²) in [6.45, 7) is 1.98. The van der Waals surface area contributed by atoms with Crippen LogP contribution in [0.2, 0.25) is 0 Å². The molecule has 19 heavy (non-hydrogen) atoms.